The lowest BCUT2D eigenvalue weighted by atomic mass is 10.1. The molecule has 0 unspecified atom stereocenters. The minimum absolute atomic E-state index is 0.0323. The second-order valence-electron chi connectivity index (χ2n) is 7.31. The van der Waals surface area contributed by atoms with E-state index in [9.17, 15) is 18.0 Å². The molecule has 2 aromatic carbocycles. The summed E-state index contributed by atoms with van der Waals surface area (Å²) in [5, 5.41) is 2.79. The highest BCUT2D eigenvalue weighted by molar-refractivity contribution is 9.10. The van der Waals surface area contributed by atoms with Crippen LogP contribution in [0.25, 0.3) is 0 Å². The molecule has 1 N–H and O–H groups in total. The van der Waals surface area contributed by atoms with Crippen molar-refractivity contribution in [2.45, 2.75) is 24.3 Å². The van der Waals surface area contributed by atoms with Gasteiger partial charge in [-0.2, -0.15) is 0 Å². The van der Waals surface area contributed by atoms with Crippen LogP contribution in [0.5, 0.6) is 0 Å². The Bertz CT molecular complexity index is 1050. The van der Waals surface area contributed by atoms with Crippen LogP contribution in [0.4, 0.5) is 0 Å². The highest BCUT2D eigenvalue weighted by Crippen LogP contribution is 2.25. The van der Waals surface area contributed by atoms with E-state index in [2.05, 4.69) is 21.2 Å². The van der Waals surface area contributed by atoms with Gasteiger partial charge in [0.25, 0.3) is 11.8 Å². The first-order valence-electron chi connectivity index (χ1n) is 9.58. The molecule has 0 radical (unpaired) electrons. The number of carbonyl (C=O) groups excluding carboxylic acids is 2. The molecule has 0 bridgehead atoms. The van der Waals surface area contributed by atoms with E-state index in [0.29, 0.717) is 10.0 Å². The number of amides is 2. The maximum atomic E-state index is 12.5. The van der Waals surface area contributed by atoms with E-state index in [-0.39, 0.29) is 28.8 Å². The van der Waals surface area contributed by atoms with Gasteiger partial charge in [-0.25, -0.2) is 12.7 Å². The summed E-state index contributed by atoms with van der Waals surface area (Å²) in [6.07, 6.45) is 2.09. The number of hydrogen-bond acceptors (Lipinski definition) is 4. The van der Waals surface area contributed by atoms with Crippen LogP contribution in [-0.4, -0.2) is 56.6 Å². The third-order valence-electron chi connectivity index (χ3n) is 5.00. The molecule has 1 fully saturated rings. The Morgan fingerprint density at radius 1 is 1.03 bits per heavy atom. The SMILES string of the molecule is CN(C)S(=O)(=O)c1cc(C(=O)NCc2ccc(C(=O)N3CCCC3)cc2)ccc1Br. The van der Waals surface area contributed by atoms with Crippen LogP contribution >= 0.6 is 15.9 Å². The summed E-state index contributed by atoms with van der Waals surface area (Å²) in [4.78, 5) is 26.8. The Hall–Kier alpha value is -2.23. The molecule has 9 heteroatoms. The van der Waals surface area contributed by atoms with E-state index >= 15 is 0 Å². The first-order chi connectivity index (χ1) is 14.2. The van der Waals surface area contributed by atoms with Crippen molar-refractivity contribution in [3.05, 3.63) is 63.6 Å². The molecule has 0 spiro atoms. The van der Waals surface area contributed by atoms with Crippen molar-refractivity contribution in [1.29, 1.82) is 0 Å². The van der Waals surface area contributed by atoms with Crippen LogP contribution in [0, 0.1) is 0 Å². The Morgan fingerprint density at radius 3 is 2.23 bits per heavy atom. The van der Waals surface area contributed by atoms with Crippen molar-refractivity contribution in [2.24, 2.45) is 0 Å². The van der Waals surface area contributed by atoms with E-state index in [1.165, 1.54) is 20.2 Å². The largest absolute Gasteiger partial charge is 0.348 e. The monoisotopic (exact) mass is 493 g/mol. The predicted molar refractivity (Wildman–Crippen MR) is 118 cm³/mol. The van der Waals surface area contributed by atoms with Crippen molar-refractivity contribution in [3.8, 4) is 0 Å². The number of rotatable bonds is 6. The van der Waals surface area contributed by atoms with Crippen LogP contribution in [0.15, 0.2) is 51.8 Å². The maximum absolute atomic E-state index is 12.5. The van der Waals surface area contributed by atoms with E-state index in [1.807, 2.05) is 17.0 Å². The molecule has 1 heterocycles. The lowest BCUT2D eigenvalue weighted by molar-refractivity contribution is 0.0792. The van der Waals surface area contributed by atoms with Gasteiger partial charge in [-0.15, -0.1) is 0 Å². The van der Waals surface area contributed by atoms with E-state index < -0.39 is 10.0 Å². The minimum atomic E-state index is -3.68. The van der Waals surface area contributed by atoms with E-state index in [4.69, 9.17) is 0 Å². The first-order valence-corrected chi connectivity index (χ1v) is 11.8. The fourth-order valence-corrected chi connectivity index (χ4v) is 5.04. The van der Waals surface area contributed by atoms with Gasteiger partial charge in [0.05, 0.1) is 4.90 Å². The lowest BCUT2D eigenvalue weighted by Gasteiger charge is -2.15. The van der Waals surface area contributed by atoms with E-state index in [1.54, 1.807) is 24.3 Å². The second-order valence-corrected chi connectivity index (χ2v) is 10.3. The number of hydrogen-bond donors (Lipinski definition) is 1. The van der Waals surface area contributed by atoms with Gasteiger partial charge in [0.15, 0.2) is 0 Å². The van der Waals surface area contributed by atoms with Gasteiger partial charge in [-0.1, -0.05) is 12.1 Å². The number of benzene rings is 2. The van der Waals surface area contributed by atoms with Gasteiger partial charge in [0, 0.05) is 49.3 Å². The van der Waals surface area contributed by atoms with Gasteiger partial charge in [0.1, 0.15) is 0 Å². The highest BCUT2D eigenvalue weighted by Gasteiger charge is 2.22. The van der Waals surface area contributed by atoms with Crippen LogP contribution in [0.2, 0.25) is 0 Å². The van der Waals surface area contributed by atoms with Crippen LogP contribution in [0.3, 0.4) is 0 Å². The van der Waals surface area contributed by atoms with Crippen LogP contribution < -0.4 is 5.32 Å². The molecule has 0 atom stereocenters. The van der Waals surface area contributed by atoms with Crippen molar-refractivity contribution in [1.82, 2.24) is 14.5 Å². The Balaban J connectivity index is 1.66. The number of sulfonamides is 1. The van der Waals surface area contributed by atoms with Gasteiger partial charge >= 0.3 is 0 Å². The molecular weight excluding hydrogens is 470 g/mol. The van der Waals surface area contributed by atoms with Gasteiger partial charge in [0.2, 0.25) is 10.0 Å². The first kappa shape index (κ1) is 22.5. The second kappa shape index (κ2) is 9.28. The Morgan fingerprint density at radius 2 is 1.63 bits per heavy atom. The molecule has 2 aromatic rings. The molecule has 30 heavy (non-hydrogen) atoms. The predicted octanol–water partition coefficient (Wildman–Crippen LogP) is 2.87. The normalized spacial score (nSPS) is 14.2. The van der Waals surface area contributed by atoms with Crippen LogP contribution in [-0.2, 0) is 16.6 Å². The molecule has 1 aliphatic heterocycles. The zero-order valence-electron chi connectivity index (χ0n) is 16.9. The fraction of sp³-hybridized carbons (Fsp3) is 0.333. The number of likely N-dealkylation sites (tertiary alicyclic amines) is 1. The van der Waals surface area contributed by atoms with Gasteiger partial charge in [-0.05, 0) is 64.7 Å². The fourth-order valence-electron chi connectivity index (χ4n) is 3.19. The van der Waals surface area contributed by atoms with Crippen molar-refractivity contribution < 1.29 is 18.0 Å². The zero-order chi connectivity index (χ0) is 21.9. The topological polar surface area (TPSA) is 86.8 Å². The third kappa shape index (κ3) is 4.91. The van der Waals surface area contributed by atoms with Crippen molar-refractivity contribution in [2.75, 3.05) is 27.2 Å². The van der Waals surface area contributed by atoms with E-state index in [0.717, 1.165) is 35.8 Å². The molecule has 1 saturated heterocycles. The summed E-state index contributed by atoms with van der Waals surface area (Å²) in [5.41, 5.74) is 1.73. The number of nitrogens with one attached hydrogen (secondary N) is 1. The minimum Gasteiger partial charge on any atom is -0.348 e. The highest BCUT2D eigenvalue weighted by atomic mass is 79.9. The van der Waals surface area contributed by atoms with Gasteiger partial charge in [-0.3, -0.25) is 9.59 Å². The molecule has 7 nitrogen and oxygen atoms in total. The molecule has 0 aromatic heterocycles. The average molecular weight is 494 g/mol. The van der Waals surface area contributed by atoms with Gasteiger partial charge < -0.3 is 10.2 Å². The molecule has 0 saturated carbocycles. The number of halogens is 1. The molecular formula is C21H24BrN3O4S. The molecule has 160 valence electrons. The summed E-state index contributed by atoms with van der Waals surface area (Å²) in [7, 11) is -0.806. The summed E-state index contributed by atoms with van der Waals surface area (Å²) in [6.45, 7) is 1.87. The molecule has 3 rings (SSSR count). The summed E-state index contributed by atoms with van der Waals surface area (Å²) in [6, 6.07) is 11.6. The third-order valence-corrected chi connectivity index (χ3v) is 7.81. The quantitative estimate of drug-likeness (QED) is 0.669. The summed E-state index contributed by atoms with van der Waals surface area (Å²) >= 11 is 3.23. The van der Waals surface area contributed by atoms with Crippen LogP contribution in [0.1, 0.15) is 39.1 Å². The summed E-state index contributed by atoms with van der Waals surface area (Å²) < 4.78 is 26.3. The molecule has 2 amide bonds. The number of carbonyl (C=O) groups is 2. The average Bonchev–Trinajstić information content (AvgIpc) is 3.27. The van der Waals surface area contributed by atoms with Crippen molar-refractivity contribution >= 4 is 37.8 Å². The smallest absolute Gasteiger partial charge is 0.253 e. The summed E-state index contributed by atoms with van der Waals surface area (Å²) in [5.74, 6) is -0.345. The van der Waals surface area contributed by atoms with Crippen molar-refractivity contribution in [3.63, 3.8) is 0 Å². The number of nitrogens with zero attached hydrogens (tertiary/aromatic N) is 2. The Labute approximate surface area is 185 Å². The lowest BCUT2D eigenvalue weighted by Crippen LogP contribution is -2.27. The Kier molecular flexibility index (Phi) is 6.95. The maximum Gasteiger partial charge on any atom is 0.253 e. The standard InChI is InChI=1S/C21H24BrN3O4S/c1-24(2)30(28,29)19-13-17(9-10-18(19)22)20(26)23-14-15-5-7-16(8-6-15)21(27)25-11-3-4-12-25/h5-10,13H,3-4,11-12,14H2,1-2H3,(H,23,26). The molecule has 1 aliphatic rings. The zero-order valence-corrected chi connectivity index (χ0v) is 19.3. The molecule has 0 aliphatic carbocycles.